The van der Waals surface area contributed by atoms with Crippen LogP contribution in [-0.4, -0.2) is 34.3 Å². The highest BCUT2D eigenvalue weighted by Crippen LogP contribution is 2.31. The lowest BCUT2D eigenvalue weighted by molar-refractivity contribution is 0.0935. The minimum Gasteiger partial charge on any atom is -0.493 e. The molecule has 0 aliphatic rings. The van der Waals surface area contributed by atoms with Crippen molar-refractivity contribution >= 4 is 21.6 Å². The van der Waals surface area contributed by atoms with Crippen molar-refractivity contribution in [3.8, 4) is 11.5 Å². The standard InChI is InChI=1S/C20H26N2O5S/c1-5-17(15-9-12-18(26-3)19(13-15)27-4)21-20(23)14-7-10-16(11-8-14)22-28(24,25)6-2/h7-13,17,22H,5-6H2,1-4H3,(H,21,23). The summed E-state index contributed by atoms with van der Waals surface area (Å²) in [4.78, 5) is 12.6. The first-order valence-electron chi connectivity index (χ1n) is 8.96. The average Bonchev–Trinajstić information content (AvgIpc) is 2.71. The van der Waals surface area contributed by atoms with Crippen LogP contribution in [0.2, 0.25) is 0 Å². The van der Waals surface area contributed by atoms with Gasteiger partial charge in [0.1, 0.15) is 0 Å². The van der Waals surface area contributed by atoms with Gasteiger partial charge < -0.3 is 14.8 Å². The van der Waals surface area contributed by atoms with E-state index in [2.05, 4.69) is 10.0 Å². The van der Waals surface area contributed by atoms with Gasteiger partial charge in [0.05, 0.1) is 26.0 Å². The van der Waals surface area contributed by atoms with Crippen LogP contribution in [-0.2, 0) is 10.0 Å². The molecule has 8 heteroatoms. The van der Waals surface area contributed by atoms with Gasteiger partial charge in [0.15, 0.2) is 11.5 Å². The zero-order valence-electron chi connectivity index (χ0n) is 16.5. The number of anilines is 1. The van der Waals surface area contributed by atoms with E-state index in [0.29, 0.717) is 29.2 Å². The molecule has 2 aromatic rings. The number of carbonyl (C=O) groups excluding carboxylic acids is 1. The first-order valence-corrected chi connectivity index (χ1v) is 10.6. The van der Waals surface area contributed by atoms with E-state index in [9.17, 15) is 13.2 Å². The lowest BCUT2D eigenvalue weighted by Crippen LogP contribution is -2.28. The van der Waals surface area contributed by atoms with Crippen molar-refractivity contribution in [3.63, 3.8) is 0 Å². The number of sulfonamides is 1. The molecule has 0 aliphatic heterocycles. The molecule has 0 heterocycles. The number of benzene rings is 2. The predicted octanol–water partition coefficient (Wildman–Crippen LogP) is 3.35. The molecular formula is C20H26N2O5S. The van der Waals surface area contributed by atoms with Crippen molar-refractivity contribution < 1.29 is 22.7 Å². The number of rotatable bonds is 9. The number of hydrogen-bond acceptors (Lipinski definition) is 5. The van der Waals surface area contributed by atoms with Crippen molar-refractivity contribution in [1.82, 2.24) is 5.32 Å². The predicted molar refractivity (Wildman–Crippen MR) is 110 cm³/mol. The van der Waals surface area contributed by atoms with Gasteiger partial charge in [-0.2, -0.15) is 0 Å². The summed E-state index contributed by atoms with van der Waals surface area (Å²) in [5, 5.41) is 2.99. The second kappa shape index (κ2) is 9.45. The Morgan fingerprint density at radius 3 is 2.18 bits per heavy atom. The van der Waals surface area contributed by atoms with Crippen LogP contribution >= 0.6 is 0 Å². The smallest absolute Gasteiger partial charge is 0.251 e. The van der Waals surface area contributed by atoms with Gasteiger partial charge in [0.2, 0.25) is 10.0 Å². The van der Waals surface area contributed by atoms with Gasteiger partial charge in [-0.25, -0.2) is 8.42 Å². The Bertz CT molecular complexity index is 911. The van der Waals surface area contributed by atoms with Crippen LogP contribution in [0.1, 0.15) is 42.2 Å². The topological polar surface area (TPSA) is 93.7 Å². The number of methoxy groups -OCH3 is 2. The van der Waals surface area contributed by atoms with E-state index in [1.54, 1.807) is 51.5 Å². The highest BCUT2D eigenvalue weighted by molar-refractivity contribution is 7.92. The lowest BCUT2D eigenvalue weighted by atomic mass is 10.0. The number of hydrogen-bond donors (Lipinski definition) is 2. The summed E-state index contributed by atoms with van der Waals surface area (Å²) >= 11 is 0. The van der Waals surface area contributed by atoms with Gasteiger partial charge in [-0.05, 0) is 55.3 Å². The Balaban J connectivity index is 2.14. The van der Waals surface area contributed by atoms with Crippen LogP contribution in [0.5, 0.6) is 11.5 Å². The maximum absolute atomic E-state index is 12.6. The fourth-order valence-electron chi connectivity index (χ4n) is 2.67. The molecule has 0 radical (unpaired) electrons. The van der Waals surface area contributed by atoms with Crippen LogP contribution in [0.4, 0.5) is 5.69 Å². The second-order valence-electron chi connectivity index (χ2n) is 6.13. The highest BCUT2D eigenvalue weighted by atomic mass is 32.2. The third kappa shape index (κ3) is 5.39. The van der Waals surface area contributed by atoms with Gasteiger partial charge in [0, 0.05) is 11.3 Å². The van der Waals surface area contributed by atoms with Crippen molar-refractivity contribution in [1.29, 1.82) is 0 Å². The first kappa shape index (κ1) is 21.6. The Morgan fingerprint density at radius 1 is 1.00 bits per heavy atom. The van der Waals surface area contributed by atoms with Gasteiger partial charge in [-0.15, -0.1) is 0 Å². The Kier molecular flexibility index (Phi) is 7.28. The quantitative estimate of drug-likeness (QED) is 0.666. The molecule has 1 unspecified atom stereocenters. The molecule has 0 fully saturated rings. The summed E-state index contributed by atoms with van der Waals surface area (Å²) in [6.45, 7) is 3.54. The third-order valence-corrected chi connectivity index (χ3v) is 5.63. The highest BCUT2D eigenvalue weighted by Gasteiger charge is 2.16. The summed E-state index contributed by atoms with van der Waals surface area (Å²) in [6.07, 6.45) is 0.690. The normalized spacial score (nSPS) is 12.1. The van der Waals surface area contributed by atoms with E-state index in [1.165, 1.54) is 0 Å². The zero-order chi connectivity index (χ0) is 20.7. The number of carbonyl (C=O) groups is 1. The number of amides is 1. The fourth-order valence-corrected chi connectivity index (χ4v) is 3.31. The van der Waals surface area contributed by atoms with E-state index in [1.807, 2.05) is 19.1 Å². The van der Waals surface area contributed by atoms with Crippen LogP contribution in [0, 0.1) is 0 Å². The van der Waals surface area contributed by atoms with E-state index in [-0.39, 0.29) is 17.7 Å². The van der Waals surface area contributed by atoms with Gasteiger partial charge >= 0.3 is 0 Å². The SMILES string of the molecule is CCC(NC(=O)c1ccc(NS(=O)(=O)CC)cc1)c1ccc(OC)c(OC)c1. The van der Waals surface area contributed by atoms with Crippen molar-refractivity contribution in [2.24, 2.45) is 0 Å². The summed E-state index contributed by atoms with van der Waals surface area (Å²) in [6, 6.07) is 11.6. The molecule has 7 nitrogen and oxygen atoms in total. The molecule has 28 heavy (non-hydrogen) atoms. The summed E-state index contributed by atoms with van der Waals surface area (Å²) in [5.74, 6) is 0.961. The fraction of sp³-hybridized carbons (Fsp3) is 0.350. The maximum Gasteiger partial charge on any atom is 0.251 e. The van der Waals surface area contributed by atoms with Crippen molar-refractivity contribution in [2.45, 2.75) is 26.3 Å². The molecule has 0 saturated heterocycles. The maximum atomic E-state index is 12.6. The molecule has 2 rings (SSSR count). The molecule has 0 aromatic heterocycles. The Hall–Kier alpha value is -2.74. The molecule has 152 valence electrons. The minimum absolute atomic E-state index is 0.0151. The average molecular weight is 407 g/mol. The third-order valence-electron chi connectivity index (χ3n) is 4.32. The van der Waals surface area contributed by atoms with Crippen LogP contribution in [0.25, 0.3) is 0 Å². The zero-order valence-corrected chi connectivity index (χ0v) is 17.3. The van der Waals surface area contributed by atoms with Gasteiger partial charge in [0.25, 0.3) is 5.91 Å². The van der Waals surface area contributed by atoms with E-state index < -0.39 is 10.0 Å². The van der Waals surface area contributed by atoms with Gasteiger partial charge in [-0.3, -0.25) is 9.52 Å². The summed E-state index contributed by atoms with van der Waals surface area (Å²) in [5.41, 5.74) is 1.77. The minimum atomic E-state index is -3.35. The molecule has 0 saturated carbocycles. The Labute approximate surface area is 166 Å². The molecule has 2 aromatic carbocycles. The van der Waals surface area contributed by atoms with Crippen molar-refractivity contribution in [3.05, 3.63) is 53.6 Å². The van der Waals surface area contributed by atoms with Crippen LogP contribution < -0.4 is 19.5 Å². The van der Waals surface area contributed by atoms with Gasteiger partial charge in [-0.1, -0.05) is 13.0 Å². The Morgan fingerprint density at radius 2 is 1.64 bits per heavy atom. The molecular weight excluding hydrogens is 380 g/mol. The number of ether oxygens (including phenoxy) is 2. The first-order chi connectivity index (χ1) is 13.3. The lowest BCUT2D eigenvalue weighted by Gasteiger charge is -2.19. The van der Waals surface area contributed by atoms with Crippen LogP contribution in [0.15, 0.2) is 42.5 Å². The van der Waals surface area contributed by atoms with Crippen LogP contribution in [0.3, 0.4) is 0 Å². The molecule has 2 N–H and O–H groups in total. The summed E-state index contributed by atoms with van der Waals surface area (Å²) in [7, 11) is -0.214. The monoisotopic (exact) mass is 406 g/mol. The second-order valence-corrected chi connectivity index (χ2v) is 8.14. The van der Waals surface area contributed by atoms with E-state index in [0.717, 1.165) is 5.56 Å². The largest absolute Gasteiger partial charge is 0.493 e. The summed E-state index contributed by atoms with van der Waals surface area (Å²) < 4.78 is 36.3. The van der Waals surface area contributed by atoms with E-state index >= 15 is 0 Å². The van der Waals surface area contributed by atoms with E-state index in [4.69, 9.17) is 9.47 Å². The number of nitrogens with one attached hydrogen (secondary N) is 2. The van der Waals surface area contributed by atoms with Crippen molar-refractivity contribution in [2.75, 3.05) is 24.7 Å². The molecule has 0 bridgehead atoms. The molecule has 1 atom stereocenters. The molecule has 0 aliphatic carbocycles. The molecule has 0 spiro atoms. The molecule has 1 amide bonds.